The van der Waals surface area contributed by atoms with E-state index >= 15 is 4.39 Å². The summed E-state index contributed by atoms with van der Waals surface area (Å²) in [6.45, 7) is 11.0. The van der Waals surface area contributed by atoms with Crippen LogP contribution in [0, 0.1) is 25.6 Å². The number of likely N-dealkylation sites (tertiary alicyclic amines) is 1. The molecular formula is C36H42ClF4N3O4. The molecule has 1 aliphatic heterocycles. The standard InChI is InChI=1S/C36H42ClF4N3O4/c1-6-48-32(46)19-29(26-16-25(17-28(37)34(26)38)33-22(4)9-7-10-23(33)5)42-35(47)30(15-21(2)3)44-20-24(11-14-43-12-8-13-43)27(18-31(44)45)36(39,40)41/h7,9-10,16-18,20-21,29-30H,6,8,11-15,19H2,1-5H3,(H,42,47)/t29-,30?/m0/s1. The molecule has 1 fully saturated rings. The summed E-state index contributed by atoms with van der Waals surface area (Å²) >= 11 is 6.39. The summed E-state index contributed by atoms with van der Waals surface area (Å²) in [5, 5.41) is 2.51. The van der Waals surface area contributed by atoms with E-state index in [2.05, 4.69) is 5.32 Å². The number of alkyl halides is 3. The smallest absolute Gasteiger partial charge is 0.416 e. The number of aryl methyl sites for hydroxylation is 2. The van der Waals surface area contributed by atoms with E-state index in [0.29, 0.717) is 18.2 Å². The lowest BCUT2D eigenvalue weighted by Gasteiger charge is -2.31. The first-order valence-corrected chi connectivity index (χ1v) is 16.5. The van der Waals surface area contributed by atoms with Gasteiger partial charge < -0.3 is 19.5 Å². The largest absolute Gasteiger partial charge is 0.466 e. The van der Waals surface area contributed by atoms with Crippen molar-refractivity contribution < 1.29 is 31.9 Å². The molecule has 0 aliphatic carbocycles. The van der Waals surface area contributed by atoms with Crippen molar-refractivity contribution in [1.29, 1.82) is 0 Å². The lowest BCUT2D eigenvalue weighted by molar-refractivity contribution is -0.144. The Balaban J connectivity index is 1.79. The molecule has 4 rings (SSSR count). The normalized spacial score (nSPS) is 14.8. The van der Waals surface area contributed by atoms with Gasteiger partial charge in [-0.15, -0.1) is 0 Å². The minimum absolute atomic E-state index is 0.0332. The Hall–Kier alpha value is -3.70. The summed E-state index contributed by atoms with van der Waals surface area (Å²) in [4.78, 5) is 42.2. The average molecular weight is 692 g/mol. The van der Waals surface area contributed by atoms with Crippen molar-refractivity contribution in [3.8, 4) is 11.1 Å². The fraction of sp³-hybridized carbons (Fsp3) is 0.472. The number of hydrogen-bond acceptors (Lipinski definition) is 5. The van der Waals surface area contributed by atoms with Crippen molar-refractivity contribution in [2.45, 2.75) is 78.6 Å². The molecule has 1 amide bonds. The quantitative estimate of drug-likeness (QED) is 0.148. The number of nitrogens with one attached hydrogen (secondary N) is 1. The number of rotatable bonds is 13. The van der Waals surface area contributed by atoms with Gasteiger partial charge in [0.1, 0.15) is 11.9 Å². The van der Waals surface area contributed by atoms with Gasteiger partial charge in [-0.2, -0.15) is 13.2 Å². The van der Waals surface area contributed by atoms with E-state index in [0.717, 1.165) is 47.0 Å². The van der Waals surface area contributed by atoms with Crippen LogP contribution >= 0.6 is 11.6 Å². The van der Waals surface area contributed by atoms with E-state index in [1.54, 1.807) is 6.92 Å². The lowest BCUT2D eigenvalue weighted by Crippen LogP contribution is -2.41. The predicted molar refractivity (Wildman–Crippen MR) is 177 cm³/mol. The third-order valence-corrected chi connectivity index (χ3v) is 8.92. The van der Waals surface area contributed by atoms with Crippen LogP contribution in [0.1, 0.15) is 79.9 Å². The Kier molecular flexibility index (Phi) is 12.1. The van der Waals surface area contributed by atoms with Gasteiger partial charge in [-0.1, -0.05) is 43.6 Å². The molecule has 7 nitrogen and oxygen atoms in total. The zero-order valence-corrected chi connectivity index (χ0v) is 28.6. The summed E-state index contributed by atoms with van der Waals surface area (Å²) in [5.74, 6) is -2.49. The SMILES string of the molecule is CCOC(=O)C[C@H](NC(=O)C(CC(C)C)n1cc(CCN2CCC2)c(C(F)(F)F)cc1=O)c1cc(-c2c(C)cccc2C)cc(Cl)c1F. The van der Waals surface area contributed by atoms with Crippen LogP contribution in [0.5, 0.6) is 0 Å². The molecule has 3 aromatic rings. The third-order valence-electron chi connectivity index (χ3n) is 8.64. The number of amides is 1. The van der Waals surface area contributed by atoms with Gasteiger partial charge in [0.05, 0.1) is 29.7 Å². The second-order valence-corrected chi connectivity index (χ2v) is 13.2. The van der Waals surface area contributed by atoms with Crippen LogP contribution in [0.25, 0.3) is 11.1 Å². The molecule has 1 aromatic heterocycles. The van der Waals surface area contributed by atoms with Crippen molar-refractivity contribution in [2.24, 2.45) is 5.92 Å². The molecule has 12 heteroatoms. The molecular weight excluding hydrogens is 650 g/mol. The summed E-state index contributed by atoms with van der Waals surface area (Å²) in [6.07, 6.45) is -3.02. The molecule has 2 aromatic carbocycles. The maximum atomic E-state index is 15.8. The number of pyridine rings is 1. The fourth-order valence-electron chi connectivity index (χ4n) is 6.15. The summed E-state index contributed by atoms with van der Waals surface area (Å²) in [5.41, 5.74) is 0.979. The minimum Gasteiger partial charge on any atom is -0.466 e. The molecule has 48 heavy (non-hydrogen) atoms. The van der Waals surface area contributed by atoms with Crippen LogP contribution in [-0.2, 0) is 26.9 Å². The Morgan fingerprint density at radius 3 is 2.31 bits per heavy atom. The zero-order valence-electron chi connectivity index (χ0n) is 27.8. The van der Waals surface area contributed by atoms with E-state index in [1.807, 2.05) is 50.8 Å². The predicted octanol–water partition coefficient (Wildman–Crippen LogP) is 7.59. The number of halogens is 5. The first-order valence-electron chi connectivity index (χ1n) is 16.2. The maximum Gasteiger partial charge on any atom is 0.416 e. The summed E-state index contributed by atoms with van der Waals surface area (Å²) in [6, 6.07) is 6.69. The van der Waals surface area contributed by atoms with E-state index in [1.165, 1.54) is 12.1 Å². The van der Waals surface area contributed by atoms with Crippen LogP contribution in [0.2, 0.25) is 5.02 Å². The summed E-state index contributed by atoms with van der Waals surface area (Å²) < 4.78 is 64.1. The highest BCUT2D eigenvalue weighted by molar-refractivity contribution is 6.31. The van der Waals surface area contributed by atoms with E-state index in [9.17, 15) is 27.6 Å². The molecule has 1 aliphatic rings. The Morgan fingerprint density at radius 1 is 1.08 bits per heavy atom. The molecule has 0 radical (unpaired) electrons. The topological polar surface area (TPSA) is 80.6 Å². The van der Waals surface area contributed by atoms with Gasteiger partial charge in [0, 0.05) is 24.4 Å². The number of carbonyl (C=O) groups is 2. The van der Waals surface area contributed by atoms with Gasteiger partial charge in [0.25, 0.3) is 5.56 Å². The second kappa shape index (κ2) is 15.7. The Morgan fingerprint density at radius 2 is 1.75 bits per heavy atom. The first-order chi connectivity index (χ1) is 22.6. The highest BCUT2D eigenvalue weighted by Crippen LogP contribution is 2.36. The van der Waals surface area contributed by atoms with Gasteiger partial charge >= 0.3 is 12.1 Å². The number of hydrogen-bond donors (Lipinski definition) is 1. The van der Waals surface area contributed by atoms with Gasteiger partial charge in [-0.25, -0.2) is 4.39 Å². The highest BCUT2D eigenvalue weighted by Gasteiger charge is 2.36. The highest BCUT2D eigenvalue weighted by atomic mass is 35.5. The monoisotopic (exact) mass is 691 g/mol. The van der Waals surface area contributed by atoms with Gasteiger partial charge in [-0.05, 0) is 99.0 Å². The van der Waals surface area contributed by atoms with E-state index in [-0.39, 0.29) is 41.5 Å². The molecule has 1 N–H and O–H groups in total. The first kappa shape index (κ1) is 37.1. The number of benzene rings is 2. The third kappa shape index (κ3) is 8.85. The van der Waals surface area contributed by atoms with Crippen molar-refractivity contribution in [1.82, 2.24) is 14.8 Å². The van der Waals surface area contributed by atoms with Crippen LogP contribution in [-0.4, -0.2) is 47.6 Å². The number of nitrogens with zero attached hydrogens (tertiary/aromatic N) is 2. The zero-order chi connectivity index (χ0) is 35.3. The Bertz CT molecular complexity index is 1680. The van der Waals surface area contributed by atoms with Crippen molar-refractivity contribution >= 4 is 23.5 Å². The van der Waals surface area contributed by atoms with Crippen LogP contribution in [0.3, 0.4) is 0 Å². The van der Waals surface area contributed by atoms with Gasteiger partial charge in [0.2, 0.25) is 5.91 Å². The molecule has 0 saturated carbocycles. The molecule has 0 spiro atoms. The molecule has 2 heterocycles. The molecule has 0 bridgehead atoms. The summed E-state index contributed by atoms with van der Waals surface area (Å²) in [7, 11) is 0. The molecule has 260 valence electrons. The molecule has 1 saturated heterocycles. The van der Waals surface area contributed by atoms with E-state index < -0.39 is 53.5 Å². The fourth-order valence-corrected chi connectivity index (χ4v) is 6.37. The molecule has 2 atom stereocenters. The van der Waals surface area contributed by atoms with Gasteiger partial charge in [0.15, 0.2) is 0 Å². The van der Waals surface area contributed by atoms with Crippen LogP contribution in [0.15, 0.2) is 47.4 Å². The van der Waals surface area contributed by atoms with Crippen LogP contribution in [0.4, 0.5) is 17.6 Å². The van der Waals surface area contributed by atoms with Gasteiger partial charge in [-0.3, -0.25) is 14.4 Å². The lowest BCUT2D eigenvalue weighted by atomic mass is 9.92. The van der Waals surface area contributed by atoms with Crippen molar-refractivity contribution in [2.75, 3.05) is 26.2 Å². The Labute approximate surface area is 283 Å². The molecule has 1 unspecified atom stereocenters. The van der Waals surface area contributed by atoms with Crippen LogP contribution < -0.4 is 10.9 Å². The number of ether oxygens (including phenoxy) is 1. The number of aromatic nitrogens is 1. The second-order valence-electron chi connectivity index (χ2n) is 12.7. The minimum atomic E-state index is -4.76. The van der Waals surface area contributed by atoms with Crippen molar-refractivity contribution in [3.05, 3.63) is 91.6 Å². The van der Waals surface area contributed by atoms with Crippen molar-refractivity contribution in [3.63, 3.8) is 0 Å². The number of carbonyl (C=O) groups excluding carboxylic acids is 2. The average Bonchev–Trinajstić information content (AvgIpc) is 2.96. The number of esters is 1. The van der Waals surface area contributed by atoms with E-state index in [4.69, 9.17) is 16.3 Å². The maximum absolute atomic E-state index is 15.8.